The highest BCUT2D eigenvalue weighted by Gasteiger charge is 2.32. The zero-order valence-electron chi connectivity index (χ0n) is 15.6. The average Bonchev–Trinajstić information content (AvgIpc) is 3.36. The van der Waals surface area contributed by atoms with Crippen LogP contribution in [-0.4, -0.2) is 62.2 Å². The lowest BCUT2D eigenvalue weighted by molar-refractivity contribution is -0.138. The molecule has 1 aliphatic heterocycles. The fourth-order valence-electron chi connectivity index (χ4n) is 3.18. The second kappa shape index (κ2) is 8.74. The number of hydrogen-bond acceptors (Lipinski definition) is 6. The Kier molecular flexibility index (Phi) is 6.24. The molecular weight excluding hydrogens is 459 g/mol. The molecule has 3 aromatic heterocycles. The van der Waals surface area contributed by atoms with Gasteiger partial charge in [-0.2, -0.15) is 13.2 Å². The predicted octanol–water partition coefficient (Wildman–Crippen LogP) is 3.90. The highest BCUT2D eigenvalue weighted by molar-refractivity contribution is 7.99. The predicted molar refractivity (Wildman–Crippen MR) is 110 cm³/mol. The Balaban J connectivity index is 1.36. The van der Waals surface area contributed by atoms with Gasteiger partial charge in [-0.1, -0.05) is 29.4 Å². The lowest BCUT2D eigenvalue weighted by Crippen LogP contribution is -2.48. The molecular formula is C18H17ClF3N5OS2. The lowest BCUT2D eigenvalue weighted by atomic mass is 10.3. The Labute approximate surface area is 183 Å². The summed E-state index contributed by atoms with van der Waals surface area (Å²) in [7, 11) is 0. The first-order valence-electron chi connectivity index (χ1n) is 9.08. The largest absolute Gasteiger partial charge is 0.417 e. The molecule has 0 aliphatic carbocycles. The third-order valence-electron chi connectivity index (χ3n) is 4.77. The van der Waals surface area contributed by atoms with Crippen molar-refractivity contribution in [2.45, 2.75) is 17.9 Å². The van der Waals surface area contributed by atoms with Crippen molar-refractivity contribution >= 4 is 46.3 Å². The van der Waals surface area contributed by atoms with Gasteiger partial charge in [-0.25, -0.2) is 0 Å². The topological polar surface area (TPSA) is 53.7 Å². The van der Waals surface area contributed by atoms with Gasteiger partial charge in [-0.15, -0.1) is 21.5 Å². The number of rotatable bonds is 5. The SMILES string of the molecule is O=C(CSc1nnc2c(Cl)cc(C(F)(F)F)cn12)N1CCN(Cc2cccs2)CC1. The highest BCUT2D eigenvalue weighted by atomic mass is 35.5. The van der Waals surface area contributed by atoms with Crippen molar-refractivity contribution in [3.8, 4) is 0 Å². The number of pyridine rings is 1. The van der Waals surface area contributed by atoms with Gasteiger partial charge in [0.25, 0.3) is 0 Å². The molecule has 1 amide bonds. The maximum atomic E-state index is 13.1. The number of carbonyl (C=O) groups excluding carboxylic acids is 1. The first-order chi connectivity index (χ1) is 14.3. The minimum atomic E-state index is -4.54. The summed E-state index contributed by atoms with van der Waals surface area (Å²) in [4.78, 5) is 17.9. The fraction of sp³-hybridized carbons (Fsp3) is 0.389. The average molecular weight is 476 g/mol. The van der Waals surface area contributed by atoms with Gasteiger partial charge in [0.1, 0.15) is 0 Å². The third kappa shape index (κ3) is 4.74. The van der Waals surface area contributed by atoms with Crippen molar-refractivity contribution in [3.05, 3.63) is 45.2 Å². The van der Waals surface area contributed by atoms with Gasteiger partial charge in [-0.05, 0) is 17.5 Å². The number of piperazine rings is 1. The monoisotopic (exact) mass is 475 g/mol. The van der Waals surface area contributed by atoms with E-state index in [0.717, 1.165) is 43.7 Å². The van der Waals surface area contributed by atoms with Crippen LogP contribution in [0.2, 0.25) is 5.02 Å². The summed E-state index contributed by atoms with van der Waals surface area (Å²) in [5.41, 5.74) is -0.767. The molecule has 0 aromatic carbocycles. The number of thiophene rings is 1. The zero-order chi connectivity index (χ0) is 21.3. The Morgan fingerprint density at radius 2 is 2.00 bits per heavy atom. The molecule has 0 atom stereocenters. The first kappa shape index (κ1) is 21.4. The highest BCUT2D eigenvalue weighted by Crippen LogP contribution is 2.33. The number of nitrogens with zero attached hydrogens (tertiary/aromatic N) is 5. The van der Waals surface area contributed by atoms with Crippen molar-refractivity contribution < 1.29 is 18.0 Å². The van der Waals surface area contributed by atoms with Crippen LogP contribution in [0.15, 0.2) is 34.9 Å². The lowest BCUT2D eigenvalue weighted by Gasteiger charge is -2.34. The number of hydrogen-bond donors (Lipinski definition) is 0. The molecule has 0 N–H and O–H groups in total. The van der Waals surface area contributed by atoms with Crippen LogP contribution >= 0.6 is 34.7 Å². The van der Waals surface area contributed by atoms with E-state index in [4.69, 9.17) is 11.6 Å². The molecule has 4 rings (SSSR count). The third-order valence-corrected chi connectivity index (χ3v) is 6.83. The molecule has 0 radical (unpaired) electrons. The number of thioether (sulfide) groups is 1. The maximum Gasteiger partial charge on any atom is 0.417 e. The van der Waals surface area contributed by atoms with Gasteiger partial charge < -0.3 is 4.90 Å². The molecule has 1 fully saturated rings. The van der Waals surface area contributed by atoms with Crippen LogP contribution in [0.5, 0.6) is 0 Å². The molecule has 1 aliphatic rings. The Morgan fingerprint density at radius 3 is 2.67 bits per heavy atom. The van der Waals surface area contributed by atoms with Crippen molar-refractivity contribution in [1.29, 1.82) is 0 Å². The number of halogens is 4. The van der Waals surface area contributed by atoms with E-state index >= 15 is 0 Å². The number of aromatic nitrogens is 3. The van der Waals surface area contributed by atoms with Gasteiger partial charge in [0.05, 0.1) is 16.3 Å². The molecule has 160 valence electrons. The van der Waals surface area contributed by atoms with Crippen molar-refractivity contribution in [1.82, 2.24) is 24.4 Å². The molecule has 0 unspecified atom stereocenters. The summed E-state index contributed by atoms with van der Waals surface area (Å²) in [6.45, 7) is 3.69. The van der Waals surface area contributed by atoms with Gasteiger partial charge in [0.15, 0.2) is 10.8 Å². The van der Waals surface area contributed by atoms with Gasteiger partial charge >= 0.3 is 6.18 Å². The minimum absolute atomic E-state index is 0.0690. The van der Waals surface area contributed by atoms with Crippen LogP contribution < -0.4 is 0 Å². The Morgan fingerprint density at radius 1 is 1.23 bits per heavy atom. The van der Waals surface area contributed by atoms with Crippen LogP contribution in [0.3, 0.4) is 0 Å². The van der Waals surface area contributed by atoms with Crippen molar-refractivity contribution in [3.63, 3.8) is 0 Å². The Bertz CT molecular complexity index is 1030. The summed E-state index contributed by atoms with van der Waals surface area (Å²) in [6, 6.07) is 4.94. The van der Waals surface area contributed by atoms with Gasteiger partial charge in [-0.3, -0.25) is 14.1 Å². The van der Waals surface area contributed by atoms with Crippen LogP contribution in [0.25, 0.3) is 5.65 Å². The Hall–Kier alpha value is -1.82. The summed E-state index contributed by atoms with van der Waals surface area (Å²) in [5, 5.41) is 9.84. The van der Waals surface area contributed by atoms with Gasteiger partial charge in [0.2, 0.25) is 5.91 Å². The first-order valence-corrected chi connectivity index (χ1v) is 11.3. The minimum Gasteiger partial charge on any atom is -0.339 e. The van der Waals surface area contributed by atoms with E-state index in [2.05, 4.69) is 21.2 Å². The van der Waals surface area contributed by atoms with E-state index in [0.29, 0.717) is 13.1 Å². The van der Waals surface area contributed by atoms with E-state index in [1.54, 1.807) is 16.2 Å². The van der Waals surface area contributed by atoms with Crippen LogP contribution in [-0.2, 0) is 17.5 Å². The summed E-state index contributed by atoms with van der Waals surface area (Å²) in [5.74, 6) is -0.00912. The smallest absolute Gasteiger partial charge is 0.339 e. The zero-order valence-corrected chi connectivity index (χ0v) is 18.0. The number of amides is 1. The van der Waals surface area contributed by atoms with Crippen LogP contribution in [0, 0.1) is 0 Å². The van der Waals surface area contributed by atoms with E-state index in [9.17, 15) is 18.0 Å². The number of carbonyl (C=O) groups is 1. The molecule has 1 saturated heterocycles. The molecule has 0 spiro atoms. The second-order valence-corrected chi connectivity index (χ2v) is 9.16. The standard InChI is InChI=1S/C18H17ClF3N5OS2/c19-14-8-12(18(20,21)22)9-27-16(14)23-24-17(27)30-11-15(28)26-5-3-25(4-6-26)10-13-2-1-7-29-13/h1-2,7-9H,3-6,10-11H2. The summed E-state index contributed by atoms with van der Waals surface area (Å²) < 4.78 is 40.4. The molecule has 3 aromatic rings. The van der Waals surface area contributed by atoms with E-state index < -0.39 is 11.7 Å². The van der Waals surface area contributed by atoms with E-state index in [-0.39, 0.29) is 27.5 Å². The van der Waals surface area contributed by atoms with Crippen molar-refractivity contribution in [2.24, 2.45) is 0 Å². The quantitative estimate of drug-likeness (QED) is 0.524. The molecule has 0 bridgehead atoms. The summed E-state index contributed by atoms with van der Waals surface area (Å²) in [6.07, 6.45) is -3.64. The maximum absolute atomic E-state index is 13.1. The second-order valence-electron chi connectivity index (χ2n) is 6.78. The van der Waals surface area contributed by atoms with Crippen LogP contribution in [0.1, 0.15) is 10.4 Å². The van der Waals surface area contributed by atoms with E-state index in [1.165, 1.54) is 9.28 Å². The van der Waals surface area contributed by atoms with Gasteiger partial charge in [0, 0.05) is 43.8 Å². The van der Waals surface area contributed by atoms with Crippen molar-refractivity contribution in [2.75, 3.05) is 31.9 Å². The molecule has 6 nitrogen and oxygen atoms in total. The molecule has 12 heteroatoms. The fourth-order valence-corrected chi connectivity index (χ4v) is 4.99. The number of alkyl halides is 3. The number of fused-ring (bicyclic) bond motifs is 1. The molecule has 4 heterocycles. The van der Waals surface area contributed by atoms with E-state index in [1.807, 2.05) is 11.4 Å². The normalized spacial score (nSPS) is 15.8. The van der Waals surface area contributed by atoms with Crippen LogP contribution in [0.4, 0.5) is 13.2 Å². The molecule has 0 saturated carbocycles. The molecule has 30 heavy (non-hydrogen) atoms. The summed E-state index contributed by atoms with van der Waals surface area (Å²) >= 11 is 8.68.